The average Bonchev–Trinajstić information content (AvgIpc) is 2.66. The molecule has 29 heavy (non-hydrogen) atoms. The van der Waals surface area contributed by atoms with Gasteiger partial charge < -0.3 is 9.16 Å². The predicted molar refractivity (Wildman–Crippen MR) is 126 cm³/mol. The summed E-state index contributed by atoms with van der Waals surface area (Å²) >= 11 is 0. The normalized spacial score (nSPS) is 15.6. The van der Waals surface area contributed by atoms with E-state index in [9.17, 15) is 4.79 Å². The van der Waals surface area contributed by atoms with Crippen LogP contribution in [0.4, 0.5) is 0 Å². The van der Waals surface area contributed by atoms with Crippen molar-refractivity contribution in [2.45, 2.75) is 104 Å². The Bertz CT molecular complexity index is 630. The van der Waals surface area contributed by atoms with Crippen molar-refractivity contribution in [1.29, 1.82) is 0 Å². The molecule has 0 saturated heterocycles. The Morgan fingerprint density at radius 2 is 1.62 bits per heavy atom. The number of ether oxygens (including phenoxy) is 1. The molecule has 0 aliphatic carbocycles. The van der Waals surface area contributed by atoms with Gasteiger partial charge in [-0.25, -0.2) is 0 Å². The highest BCUT2D eigenvalue weighted by Crippen LogP contribution is 2.49. The molecule has 0 saturated carbocycles. The average molecular weight is 421 g/mol. The standard InChI is InChI=1S/C25H44O3Si/c1-10-12-13-14-19-25(11-2,20(3)26)23(28-29(8,9)24(4,5)6)21-15-17-22(27-7)18-16-21/h15-18,23H,10-14,19H2,1-9H3/t23-,25+/m0/s1. The van der Waals surface area contributed by atoms with E-state index < -0.39 is 13.7 Å². The van der Waals surface area contributed by atoms with E-state index in [-0.39, 0.29) is 16.9 Å². The first kappa shape index (κ1) is 25.9. The van der Waals surface area contributed by atoms with Gasteiger partial charge >= 0.3 is 0 Å². The van der Waals surface area contributed by atoms with Gasteiger partial charge in [-0.3, -0.25) is 4.79 Å². The predicted octanol–water partition coefficient (Wildman–Crippen LogP) is 7.71. The van der Waals surface area contributed by atoms with Crippen molar-refractivity contribution in [3.8, 4) is 5.75 Å². The van der Waals surface area contributed by atoms with Gasteiger partial charge in [0.05, 0.1) is 18.6 Å². The minimum Gasteiger partial charge on any atom is -0.497 e. The monoisotopic (exact) mass is 420 g/mol. The Morgan fingerprint density at radius 3 is 2.03 bits per heavy atom. The van der Waals surface area contributed by atoms with Crippen LogP contribution in [0.1, 0.15) is 91.7 Å². The quantitative estimate of drug-likeness (QED) is 0.256. The molecule has 0 unspecified atom stereocenters. The lowest BCUT2D eigenvalue weighted by Crippen LogP contribution is -2.47. The van der Waals surface area contributed by atoms with Gasteiger partial charge in [-0.2, -0.15) is 0 Å². The van der Waals surface area contributed by atoms with E-state index >= 15 is 0 Å². The number of unbranched alkanes of at least 4 members (excludes halogenated alkanes) is 3. The second-order valence-electron chi connectivity index (χ2n) is 9.91. The van der Waals surface area contributed by atoms with Crippen LogP contribution in [-0.4, -0.2) is 21.2 Å². The van der Waals surface area contributed by atoms with Gasteiger partial charge in [0.15, 0.2) is 8.32 Å². The fourth-order valence-corrected chi connectivity index (χ4v) is 5.02. The molecule has 3 nitrogen and oxygen atoms in total. The van der Waals surface area contributed by atoms with Crippen LogP contribution >= 0.6 is 0 Å². The van der Waals surface area contributed by atoms with Crippen molar-refractivity contribution < 1.29 is 14.0 Å². The van der Waals surface area contributed by atoms with Crippen LogP contribution < -0.4 is 4.74 Å². The van der Waals surface area contributed by atoms with Crippen molar-refractivity contribution >= 4 is 14.1 Å². The molecule has 1 aromatic carbocycles. The van der Waals surface area contributed by atoms with E-state index in [1.54, 1.807) is 14.0 Å². The Kier molecular flexibility index (Phi) is 9.61. The van der Waals surface area contributed by atoms with Crippen LogP contribution in [0.5, 0.6) is 5.75 Å². The zero-order valence-corrected chi connectivity index (χ0v) is 21.4. The number of hydrogen-bond donors (Lipinski definition) is 0. The molecule has 0 aliphatic heterocycles. The molecule has 0 spiro atoms. The molecule has 2 atom stereocenters. The number of ketones is 1. The smallest absolute Gasteiger partial charge is 0.192 e. The second kappa shape index (κ2) is 10.8. The Labute approximate surface area is 180 Å². The second-order valence-corrected chi connectivity index (χ2v) is 14.7. The first-order chi connectivity index (χ1) is 13.4. The van der Waals surface area contributed by atoms with Crippen LogP contribution in [0.3, 0.4) is 0 Å². The molecule has 0 bridgehead atoms. The third kappa shape index (κ3) is 6.42. The van der Waals surface area contributed by atoms with Crippen molar-refractivity contribution in [3.05, 3.63) is 29.8 Å². The van der Waals surface area contributed by atoms with Gasteiger partial charge in [-0.05, 0) is 55.6 Å². The Morgan fingerprint density at radius 1 is 1.03 bits per heavy atom. The lowest BCUT2D eigenvalue weighted by atomic mass is 9.70. The third-order valence-corrected chi connectivity index (χ3v) is 11.4. The summed E-state index contributed by atoms with van der Waals surface area (Å²) in [6.07, 6.45) is 6.09. The van der Waals surface area contributed by atoms with E-state index in [0.29, 0.717) is 0 Å². The van der Waals surface area contributed by atoms with Crippen molar-refractivity contribution in [3.63, 3.8) is 0 Å². The maximum absolute atomic E-state index is 13.1. The van der Waals surface area contributed by atoms with Crippen molar-refractivity contribution in [2.75, 3.05) is 7.11 Å². The minimum atomic E-state index is -2.08. The number of carbonyl (C=O) groups is 1. The van der Waals surface area contributed by atoms with Crippen LogP contribution in [0.2, 0.25) is 18.1 Å². The highest BCUT2D eigenvalue weighted by Gasteiger charge is 2.48. The number of hydrogen-bond acceptors (Lipinski definition) is 3. The molecule has 0 amide bonds. The summed E-state index contributed by atoms with van der Waals surface area (Å²) in [7, 11) is -0.404. The highest BCUT2D eigenvalue weighted by molar-refractivity contribution is 6.74. The summed E-state index contributed by atoms with van der Waals surface area (Å²) in [5, 5.41) is 0.0796. The highest BCUT2D eigenvalue weighted by atomic mass is 28.4. The first-order valence-corrected chi connectivity index (χ1v) is 14.2. The molecule has 1 rings (SSSR count). The summed E-state index contributed by atoms with van der Waals surface area (Å²) in [6, 6.07) is 8.12. The van der Waals surface area contributed by atoms with Crippen LogP contribution in [0, 0.1) is 5.41 Å². The number of Topliss-reactive ketones (excluding diaryl/α,β-unsaturated/α-hetero) is 1. The fraction of sp³-hybridized carbons (Fsp3) is 0.720. The number of rotatable bonds is 12. The van der Waals surface area contributed by atoms with E-state index in [1.165, 1.54) is 19.3 Å². The summed E-state index contributed by atoms with van der Waals surface area (Å²) in [5.41, 5.74) is 0.598. The lowest BCUT2D eigenvalue weighted by molar-refractivity contribution is -0.134. The third-order valence-electron chi connectivity index (χ3n) is 6.95. The summed E-state index contributed by atoms with van der Waals surface area (Å²) in [6.45, 7) is 17.5. The van der Waals surface area contributed by atoms with Gasteiger partial charge in [-0.1, -0.05) is 72.4 Å². The molecule has 1 aromatic rings. The molecule has 166 valence electrons. The van der Waals surface area contributed by atoms with Gasteiger partial charge in [-0.15, -0.1) is 0 Å². The fourth-order valence-electron chi connectivity index (χ4n) is 3.72. The molecule has 0 radical (unpaired) electrons. The SMILES string of the molecule is CCCCCC[C@](CC)(C(C)=O)[C@@H](O[Si](C)(C)C(C)(C)C)c1ccc(OC)cc1. The van der Waals surface area contributed by atoms with Crippen LogP contribution in [-0.2, 0) is 9.22 Å². The van der Waals surface area contributed by atoms with Gasteiger partial charge in [0.1, 0.15) is 11.5 Å². The maximum Gasteiger partial charge on any atom is 0.192 e. The molecule has 0 heterocycles. The zero-order chi connectivity index (χ0) is 22.3. The maximum atomic E-state index is 13.1. The topological polar surface area (TPSA) is 35.5 Å². The minimum absolute atomic E-state index is 0.0796. The van der Waals surface area contributed by atoms with E-state index in [0.717, 1.165) is 30.6 Å². The van der Waals surface area contributed by atoms with Gasteiger partial charge in [0.2, 0.25) is 0 Å². The van der Waals surface area contributed by atoms with E-state index in [2.05, 4.69) is 59.8 Å². The van der Waals surface area contributed by atoms with Gasteiger partial charge in [0.25, 0.3) is 0 Å². The summed E-state index contributed by atoms with van der Waals surface area (Å²) in [4.78, 5) is 13.1. The largest absolute Gasteiger partial charge is 0.497 e. The Balaban J connectivity index is 3.44. The molecule has 0 aliphatic rings. The van der Waals surface area contributed by atoms with Crippen LogP contribution in [0.15, 0.2) is 24.3 Å². The van der Waals surface area contributed by atoms with Crippen LogP contribution in [0.25, 0.3) is 0 Å². The molecule has 0 fully saturated rings. The molecular weight excluding hydrogens is 376 g/mol. The van der Waals surface area contributed by atoms with Crippen molar-refractivity contribution in [2.24, 2.45) is 5.41 Å². The zero-order valence-electron chi connectivity index (χ0n) is 20.4. The molecular formula is C25H44O3Si. The Hall–Kier alpha value is -1.13. The number of benzene rings is 1. The van der Waals surface area contributed by atoms with E-state index in [4.69, 9.17) is 9.16 Å². The summed E-state index contributed by atoms with van der Waals surface area (Å²) < 4.78 is 12.4. The molecule has 0 N–H and O–H groups in total. The van der Waals surface area contributed by atoms with Crippen molar-refractivity contribution in [1.82, 2.24) is 0 Å². The number of methoxy groups -OCH3 is 1. The number of carbonyl (C=O) groups excluding carboxylic acids is 1. The molecule has 4 heteroatoms. The molecule has 0 aromatic heterocycles. The lowest BCUT2D eigenvalue weighted by Gasteiger charge is -2.46. The summed E-state index contributed by atoms with van der Waals surface area (Å²) in [5.74, 6) is 1.07. The first-order valence-electron chi connectivity index (χ1n) is 11.3. The van der Waals surface area contributed by atoms with Gasteiger partial charge in [0, 0.05) is 0 Å². The van der Waals surface area contributed by atoms with E-state index in [1.807, 2.05) is 12.1 Å².